The van der Waals surface area contributed by atoms with Crippen molar-refractivity contribution in [2.24, 2.45) is 11.7 Å². The summed E-state index contributed by atoms with van der Waals surface area (Å²) in [5, 5.41) is 3.02. The predicted molar refractivity (Wildman–Crippen MR) is 83.1 cm³/mol. The number of nitrogens with two attached hydrogens (primary N) is 1. The number of hydrogen-bond donors (Lipinski definition) is 2. The minimum atomic E-state index is -0.493. The lowest BCUT2D eigenvalue weighted by Gasteiger charge is -2.35. The van der Waals surface area contributed by atoms with Gasteiger partial charge in [-0.1, -0.05) is 19.8 Å². The molecule has 1 heterocycles. The van der Waals surface area contributed by atoms with E-state index < -0.39 is 5.54 Å². The van der Waals surface area contributed by atoms with E-state index in [4.69, 9.17) is 12.2 Å². The fraction of sp³-hybridized carbons (Fsp3) is 0.812. The van der Waals surface area contributed by atoms with Gasteiger partial charge < -0.3 is 11.1 Å². The number of amides is 1. The summed E-state index contributed by atoms with van der Waals surface area (Å²) >= 11 is 0. The van der Waals surface area contributed by atoms with Crippen LogP contribution < -0.4 is 11.1 Å². The number of carbonyl (C=O) groups excluding carboxylic acids is 1. The first-order valence-corrected chi connectivity index (χ1v) is 7.73. The van der Waals surface area contributed by atoms with Gasteiger partial charge in [0.2, 0.25) is 5.91 Å². The number of terminal acetylenes is 1. The molecule has 1 aliphatic rings. The lowest BCUT2D eigenvalue weighted by molar-refractivity contribution is -0.124. The van der Waals surface area contributed by atoms with Crippen LogP contribution in [0.15, 0.2) is 0 Å². The maximum absolute atomic E-state index is 12.2. The Morgan fingerprint density at radius 3 is 2.70 bits per heavy atom. The number of likely N-dealkylation sites (tertiary alicyclic amines) is 1. The van der Waals surface area contributed by atoms with E-state index in [1.54, 1.807) is 0 Å². The van der Waals surface area contributed by atoms with Crippen molar-refractivity contribution in [2.45, 2.75) is 58.0 Å². The number of hydrogen-bond acceptors (Lipinski definition) is 3. The molecule has 114 valence electrons. The third kappa shape index (κ3) is 4.50. The molecule has 20 heavy (non-hydrogen) atoms. The van der Waals surface area contributed by atoms with E-state index in [9.17, 15) is 4.79 Å². The number of rotatable bonds is 6. The smallest absolute Gasteiger partial charge is 0.235 e. The molecule has 0 bridgehead atoms. The highest BCUT2D eigenvalue weighted by Gasteiger charge is 2.28. The molecule has 0 aromatic carbocycles. The normalized spacial score (nSPS) is 22.1. The lowest BCUT2D eigenvalue weighted by atomic mass is 9.92. The van der Waals surface area contributed by atoms with Gasteiger partial charge in [0.05, 0.1) is 6.54 Å². The third-order valence-corrected chi connectivity index (χ3v) is 4.51. The monoisotopic (exact) mass is 279 g/mol. The zero-order chi connectivity index (χ0) is 15.2. The summed E-state index contributed by atoms with van der Waals surface area (Å²) in [6, 6.07) is 0.192. The Balaban J connectivity index is 2.52. The first-order chi connectivity index (χ1) is 9.46. The molecular weight excluding hydrogens is 250 g/mol. The topological polar surface area (TPSA) is 58.4 Å². The third-order valence-electron chi connectivity index (χ3n) is 4.51. The number of carbonyl (C=O) groups is 1. The summed E-state index contributed by atoms with van der Waals surface area (Å²) in [4.78, 5) is 14.4. The molecule has 2 atom stereocenters. The predicted octanol–water partition coefficient (Wildman–Crippen LogP) is 1.35. The zero-order valence-corrected chi connectivity index (χ0v) is 13.1. The van der Waals surface area contributed by atoms with Gasteiger partial charge in [-0.2, -0.15) is 0 Å². The molecule has 1 rings (SSSR count). The van der Waals surface area contributed by atoms with Crippen molar-refractivity contribution in [3.8, 4) is 12.3 Å². The van der Waals surface area contributed by atoms with Crippen LogP contribution in [0.5, 0.6) is 0 Å². The number of nitrogens with zero attached hydrogens (tertiary/aromatic N) is 1. The molecule has 3 N–H and O–H groups in total. The second kappa shape index (κ2) is 7.66. The second-order valence-corrected chi connectivity index (χ2v) is 5.98. The van der Waals surface area contributed by atoms with Crippen LogP contribution in [0.1, 0.15) is 46.5 Å². The summed E-state index contributed by atoms with van der Waals surface area (Å²) in [5.41, 5.74) is 5.48. The summed E-state index contributed by atoms with van der Waals surface area (Å²) in [5.74, 6) is 3.26. The first-order valence-electron chi connectivity index (χ1n) is 7.73. The average molecular weight is 279 g/mol. The van der Waals surface area contributed by atoms with E-state index in [2.05, 4.69) is 16.1 Å². The van der Waals surface area contributed by atoms with E-state index in [1.165, 1.54) is 0 Å². The van der Waals surface area contributed by atoms with Gasteiger partial charge in [-0.25, -0.2) is 0 Å². The highest BCUT2D eigenvalue weighted by atomic mass is 16.2. The Morgan fingerprint density at radius 2 is 2.20 bits per heavy atom. The van der Waals surface area contributed by atoms with Crippen molar-refractivity contribution in [1.82, 2.24) is 10.2 Å². The first kappa shape index (κ1) is 17.0. The molecule has 0 saturated carbocycles. The number of piperidine rings is 1. The largest absolute Gasteiger partial charge is 0.339 e. The van der Waals surface area contributed by atoms with Crippen LogP contribution in [0.4, 0.5) is 0 Å². The van der Waals surface area contributed by atoms with E-state index >= 15 is 0 Å². The van der Waals surface area contributed by atoms with Crippen LogP contribution in [0.3, 0.4) is 0 Å². The Morgan fingerprint density at radius 1 is 1.55 bits per heavy atom. The molecule has 1 aliphatic heterocycles. The fourth-order valence-electron chi connectivity index (χ4n) is 2.84. The van der Waals surface area contributed by atoms with E-state index in [-0.39, 0.29) is 11.9 Å². The Labute approximate surface area is 123 Å². The van der Waals surface area contributed by atoms with Crippen molar-refractivity contribution in [3.63, 3.8) is 0 Å². The van der Waals surface area contributed by atoms with Crippen molar-refractivity contribution in [3.05, 3.63) is 0 Å². The van der Waals surface area contributed by atoms with Crippen molar-refractivity contribution < 1.29 is 4.79 Å². The molecule has 1 saturated heterocycles. The maximum atomic E-state index is 12.2. The van der Waals surface area contributed by atoms with Gasteiger partial charge in [0.15, 0.2) is 0 Å². The molecule has 0 aromatic rings. The van der Waals surface area contributed by atoms with Crippen molar-refractivity contribution >= 4 is 5.91 Å². The lowest BCUT2D eigenvalue weighted by Crippen LogP contribution is -2.52. The molecule has 2 unspecified atom stereocenters. The Kier molecular flexibility index (Phi) is 6.51. The minimum Gasteiger partial charge on any atom is -0.339 e. The highest BCUT2D eigenvalue weighted by Crippen LogP contribution is 2.19. The molecule has 0 radical (unpaired) electrons. The van der Waals surface area contributed by atoms with Gasteiger partial charge in [0.25, 0.3) is 0 Å². The van der Waals surface area contributed by atoms with Gasteiger partial charge in [-0.3, -0.25) is 9.69 Å². The van der Waals surface area contributed by atoms with Crippen molar-refractivity contribution in [2.75, 3.05) is 19.6 Å². The highest BCUT2D eigenvalue weighted by molar-refractivity contribution is 5.79. The van der Waals surface area contributed by atoms with Gasteiger partial charge in [0, 0.05) is 12.6 Å². The Bertz CT molecular complexity index is 355. The van der Waals surface area contributed by atoms with Gasteiger partial charge >= 0.3 is 0 Å². The summed E-state index contributed by atoms with van der Waals surface area (Å²) in [6.45, 7) is 8.37. The Hall–Kier alpha value is -1.05. The SMILES string of the molecule is C#CC(CC)(CC)NC(=O)CN1CCCC(C(C)N)C1. The average Bonchev–Trinajstić information content (AvgIpc) is 2.45. The maximum Gasteiger partial charge on any atom is 0.235 e. The fourth-order valence-corrected chi connectivity index (χ4v) is 2.84. The number of nitrogens with one attached hydrogen (secondary N) is 1. The summed E-state index contributed by atoms with van der Waals surface area (Å²) in [7, 11) is 0. The van der Waals surface area contributed by atoms with Gasteiger partial charge in [-0.15, -0.1) is 6.42 Å². The molecule has 0 spiro atoms. The summed E-state index contributed by atoms with van der Waals surface area (Å²) < 4.78 is 0. The molecular formula is C16H29N3O. The van der Waals surface area contributed by atoms with E-state index in [1.807, 2.05) is 20.8 Å². The van der Waals surface area contributed by atoms with Gasteiger partial charge in [-0.05, 0) is 45.1 Å². The quantitative estimate of drug-likeness (QED) is 0.722. The second-order valence-electron chi connectivity index (χ2n) is 5.98. The van der Waals surface area contributed by atoms with Crippen molar-refractivity contribution in [1.29, 1.82) is 0 Å². The minimum absolute atomic E-state index is 0.0250. The molecule has 4 nitrogen and oxygen atoms in total. The molecule has 1 fully saturated rings. The van der Waals surface area contributed by atoms with Gasteiger partial charge in [0.1, 0.15) is 5.54 Å². The van der Waals surface area contributed by atoms with Crippen LogP contribution in [0, 0.1) is 18.3 Å². The van der Waals surface area contributed by atoms with Crippen LogP contribution >= 0.6 is 0 Å². The van der Waals surface area contributed by atoms with Crippen LogP contribution in [-0.2, 0) is 4.79 Å². The van der Waals surface area contributed by atoms with Crippen LogP contribution in [0.2, 0.25) is 0 Å². The molecule has 1 amide bonds. The van der Waals surface area contributed by atoms with E-state index in [0.717, 1.165) is 38.8 Å². The molecule has 4 heteroatoms. The van der Waals surface area contributed by atoms with Crippen LogP contribution in [-0.4, -0.2) is 42.0 Å². The standard InChI is InChI=1S/C16H29N3O/c1-5-16(6-2,7-3)18-15(20)12-19-10-8-9-14(11-19)13(4)17/h1,13-14H,6-12,17H2,2-4H3,(H,18,20). The van der Waals surface area contributed by atoms with E-state index in [0.29, 0.717) is 12.5 Å². The zero-order valence-electron chi connectivity index (χ0n) is 13.1. The molecule has 0 aromatic heterocycles. The van der Waals surface area contributed by atoms with Crippen LogP contribution in [0.25, 0.3) is 0 Å². The summed E-state index contributed by atoms with van der Waals surface area (Å²) in [6.07, 6.45) is 9.37. The molecule has 0 aliphatic carbocycles.